The molecule has 0 bridgehead atoms. The van der Waals surface area contributed by atoms with Crippen LogP contribution in [0.1, 0.15) is 30.6 Å². The molecule has 0 spiro atoms. The largest absolute Gasteiger partial charge is 0.481 e. The van der Waals surface area contributed by atoms with E-state index in [9.17, 15) is 9.59 Å². The number of unbranched alkanes of at least 4 members (excludes halogenated alkanes) is 2. The predicted octanol–water partition coefficient (Wildman–Crippen LogP) is 5.26. The minimum Gasteiger partial charge on any atom is -0.481 e. The molecule has 3 rings (SSSR count). The maximum atomic E-state index is 12.6. The summed E-state index contributed by atoms with van der Waals surface area (Å²) in [7, 11) is 0. The highest BCUT2D eigenvalue weighted by atomic mass is 32.2. The van der Waals surface area contributed by atoms with E-state index in [4.69, 9.17) is 17.3 Å². The standard InChI is InChI=1S/C20H19NO3S3/c22-18(23)9-5-2-6-12-21-19(24)17(27-20(21)25)13-15-10-11-16(26-15)14-7-3-1-4-8-14/h1,3-4,7-8,10-11,13H,2,5-6,9,12H2,(H,22,23)/b17-13+. The summed E-state index contributed by atoms with van der Waals surface area (Å²) in [4.78, 5) is 27.6. The second-order valence-electron chi connectivity index (χ2n) is 6.11. The van der Waals surface area contributed by atoms with E-state index < -0.39 is 5.97 Å². The van der Waals surface area contributed by atoms with E-state index in [1.54, 1.807) is 16.2 Å². The van der Waals surface area contributed by atoms with Crippen LogP contribution in [0.3, 0.4) is 0 Å². The lowest BCUT2D eigenvalue weighted by atomic mass is 10.2. The van der Waals surface area contributed by atoms with Crippen LogP contribution in [0.15, 0.2) is 47.4 Å². The number of carbonyl (C=O) groups is 2. The number of thiophene rings is 1. The Kier molecular flexibility index (Phi) is 6.82. The molecule has 140 valence electrons. The third-order valence-corrected chi connectivity index (χ3v) is 6.56. The Balaban J connectivity index is 1.61. The first-order valence-electron chi connectivity index (χ1n) is 8.67. The van der Waals surface area contributed by atoms with Crippen molar-refractivity contribution in [2.45, 2.75) is 25.7 Å². The van der Waals surface area contributed by atoms with Gasteiger partial charge in [-0.2, -0.15) is 0 Å². The van der Waals surface area contributed by atoms with Gasteiger partial charge in [0.1, 0.15) is 4.32 Å². The van der Waals surface area contributed by atoms with Crippen molar-refractivity contribution in [2.75, 3.05) is 6.54 Å². The number of thioether (sulfide) groups is 1. The Hall–Kier alpha value is -1.96. The molecule has 0 aliphatic carbocycles. The molecule has 1 amide bonds. The van der Waals surface area contributed by atoms with Crippen LogP contribution in [0.5, 0.6) is 0 Å². The van der Waals surface area contributed by atoms with Crippen molar-refractivity contribution < 1.29 is 14.7 Å². The zero-order chi connectivity index (χ0) is 19.2. The van der Waals surface area contributed by atoms with Crippen LogP contribution < -0.4 is 0 Å². The van der Waals surface area contributed by atoms with Gasteiger partial charge in [0.25, 0.3) is 5.91 Å². The smallest absolute Gasteiger partial charge is 0.303 e. The van der Waals surface area contributed by atoms with Gasteiger partial charge in [0.05, 0.1) is 4.91 Å². The van der Waals surface area contributed by atoms with Crippen molar-refractivity contribution in [3.8, 4) is 10.4 Å². The number of rotatable bonds is 8. The van der Waals surface area contributed by atoms with E-state index in [0.29, 0.717) is 22.2 Å². The fourth-order valence-corrected chi connectivity index (χ4v) is 5.06. The fourth-order valence-electron chi connectivity index (χ4n) is 2.73. The molecule has 1 aromatic carbocycles. The maximum absolute atomic E-state index is 12.6. The molecular formula is C20H19NO3S3. The number of carboxylic acid groups (broad SMARTS) is 1. The van der Waals surface area contributed by atoms with Gasteiger partial charge in [-0.05, 0) is 36.6 Å². The summed E-state index contributed by atoms with van der Waals surface area (Å²) in [5.41, 5.74) is 1.16. The Labute approximate surface area is 171 Å². The number of hydrogen-bond donors (Lipinski definition) is 1. The van der Waals surface area contributed by atoms with E-state index in [2.05, 4.69) is 18.2 Å². The number of hydrogen-bond acceptors (Lipinski definition) is 5. The molecule has 27 heavy (non-hydrogen) atoms. The third-order valence-electron chi connectivity index (χ3n) is 4.10. The van der Waals surface area contributed by atoms with Crippen LogP contribution in [0.2, 0.25) is 0 Å². The van der Waals surface area contributed by atoms with Gasteiger partial charge < -0.3 is 5.11 Å². The Morgan fingerprint density at radius 2 is 1.89 bits per heavy atom. The van der Waals surface area contributed by atoms with E-state index in [1.807, 2.05) is 30.3 Å². The number of aliphatic carboxylic acids is 1. The lowest BCUT2D eigenvalue weighted by Gasteiger charge is -2.13. The van der Waals surface area contributed by atoms with Gasteiger partial charge in [-0.15, -0.1) is 11.3 Å². The average molecular weight is 418 g/mol. The molecule has 1 aliphatic heterocycles. The average Bonchev–Trinajstić information content (AvgIpc) is 3.22. The number of thiocarbonyl (C=S) groups is 1. The lowest BCUT2D eigenvalue weighted by molar-refractivity contribution is -0.137. The SMILES string of the molecule is O=C(O)CCCCCN1C(=O)/C(=C\c2ccc(-c3ccccc3)s2)SC1=S. The third kappa shape index (κ3) is 5.28. The zero-order valence-corrected chi connectivity index (χ0v) is 17.0. The number of benzene rings is 1. The molecule has 1 aliphatic rings. The maximum Gasteiger partial charge on any atom is 0.303 e. The van der Waals surface area contributed by atoms with Gasteiger partial charge >= 0.3 is 5.97 Å². The molecule has 4 nitrogen and oxygen atoms in total. The Bertz CT molecular complexity index is 874. The molecule has 7 heteroatoms. The van der Waals surface area contributed by atoms with Gasteiger partial charge in [0.15, 0.2) is 0 Å². The second kappa shape index (κ2) is 9.30. The molecule has 2 heterocycles. The summed E-state index contributed by atoms with van der Waals surface area (Å²) in [5, 5.41) is 8.66. The molecular weight excluding hydrogens is 398 g/mol. The molecule has 1 N–H and O–H groups in total. The Morgan fingerprint density at radius 3 is 2.63 bits per heavy atom. The molecule has 0 unspecified atom stereocenters. The summed E-state index contributed by atoms with van der Waals surface area (Å²) in [6.45, 7) is 0.543. The van der Waals surface area contributed by atoms with Gasteiger partial charge in [-0.25, -0.2) is 0 Å². The van der Waals surface area contributed by atoms with Crippen molar-refractivity contribution in [2.24, 2.45) is 0 Å². The van der Waals surface area contributed by atoms with Gasteiger partial charge in [-0.3, -0.25) is 14.5 Å². The first kappa shape index (κ1) is 19.8. The van der Waals surface area contributed by atoms with Crippen molar-refractivity contribution >= 4 is 57.6 Å². The summed E-state index contributed by atoms with van der Waals surface area (Å²) in [6.07, 6.45) is 4.22. The highest BCUT2D eigenvalue weighted by Crippen LogP contribution is 2.35. The first-order chi connectivity index (χ1) is 13.0. The van der Waals surface area contributed by atoms with Crippen LogP contribution in [0.4, 0.5) is 0 Å². The van der Waals surface area contributed by atoms with Crippen molar-refractivity contribution in [1.29, 1.82) is 0 Å². The summed E-state index contributed by atoms with van der Waals surface area (Å²) >= 11 is 8.33. The molecule has 0 atom stereocenters. The minimum atomic E-state index is -0.783. The summed E-state index contributed by atoms with van der Waals surface area (Å²) < 4.78 is 0.573. The number of nitrogens with zero attached hydrogens (tertiary/aromatic N) is 1. The van der Waals surface area contributed by atoms with Crippen LogP contribution in [0.25, 0.3) is 16.5 Å². The normalized spacial score (nSPS) is 15.7. The van der Waals surface area contributed by atoms with E-state index in [0.717, 1.165) is 28.2 Å². The molecule has 1 aromatic heterocycles. The second-order valence-corrected chi connectivity index (χ2v) is 8.90. The monoisotopic (exact) mass is 417 g/mol. The Morgan fingerprint density at radius 1 is 1.11 bits per heavy atom. The first-order valence-corrected chi connectivity index (χ1v) is 10.7. The molecule has 2 aromatic rings. The number of amides is 1. The highest BCUT2D eigenvalue weighted by molar-refractivity contribution is 8.26. The van der Waals surface area contributed by atoms with Gasteiger partial charge in [0.2, 0.25) is 0 Å². The topological polar surface area (TPSA) is 57.6 Å². The van der Waals surface area contributed by atoms with E-state index in [-0.39, 0.29) is 12.3 Å². The van der Waals surface area contributed by atoms with E-state index >= 15 is 0 Å². The van der Waals surface area contributed by atoms with Crippen molar-refractivity contribution in [3.05, 3.63) is 52.2 Å². The van der Waals surface area contributed by atoms with Crippen molar-refractivity contribution in [3.63, 3.8) is 0 Å². The van der Waals surface area contributed by atoms with Crippen LogP contribution >= 0.6 is 35.3 Å². The molecule has 1 saturated heterocycles. The minimum absolute atomic E-state index is 0.0575. The molecule has 1 fully saturated rings. The molecule has 0 radical (unpaired) electrons. The van der Waals surface area contributed by atoms with Gasteiger partial charge in [-0.1, -0.05) is 60.7 Å². The quantitative estimate of drug-likeness (QED) is 0.361. The number of carboxylic acids is 1. The predicted molar refractivity (Wildman–Crippen MR) is 116 cm³/mol. The highest BCUT2D eigenvalue weighted by Gasteiger charge is 2.31. The number of carbonyl (C=O) groups excluding carboxylic acids is 1. The van der Waals surface area contributed by atoms with E-state index in [1.165, 1.54) is 11.8 Å². The summed E-state index contributed by atoms with van der Waals surface area (Å²) in [5.74, 6) is -0.840. The van der Waals surface area contributed by atoms with Crippen LogP contribution in [-0.4, -0.2) is 32.7 Å². The summed E-state index contributed by atoms with van der Waals surface area (Å²) in [6, 6.07) is 14.2. The zero-order valence-electron chi connectivity index (χ0n) is 14.6. The fraction of sp³-hybridized carbons (Fsp3) is 0.250. The van der Waals surface area contributed by atoms with Gasteiger partial charge in [0, 0.05) is 22.7 Å². The van der Waals surface area contributed by atoms with Crippen molar-refractivity contribution in [1.82, 2.24) is 4.90 Å². The van der Waals surface area contributed by atoms with Crippen LogP contribution in [0, 0.1) is 0 Å². The van der Waals surface area contributed by atoms with Crippen LogP contribution in [-0.2, 0) is 9.59 Å². The molecule has 0 saturated carbocycles. The lowest BCUT2D eigenvalue weighted by Crippen LogP contribution is -2.29.